The number of anilines is 2. The van der Waals surface area contributed by atoms with Crippen molar-refractivity contribution in [2.45, 2.75) is 37.8 Å². The smallest absolute Gasteiger partial charge is 0.253 e. The predicted molar refractivity (Wildman–Crippen MR) is 251 cm³/mol. The van der Waals surface area contributed by atoms with Crippen LogP contribution in [0.15, 0.2) is 120 Å². The summed E-state index contributed by atoms with van der Waals surface area (Å²) in [7, 11) is 0. The molecule has 4 heterocycles. The minimum absolute atomic E-state index is 0.0709. The average Bonchev–Trinajstić information content (AvgIpc) is 3.29. The second kappa shape index (κ2) is 19.3. The molecule has 61 heavy (non-hydrogen) atoms. The third kappa shape index (κ3) is 9.72. The Morgan fingerprint density at radius 2 is 1.08 bits per heavy atom. The monoisotopic (exact) mass is 954 g/mol. The topological polar surface area (TPSA) is 116 Å². The molecule has 0 saturated carbocycles. The SMILES string of the molecule is O=C(NC1CCN(c2ncnc3c(Br)cccc23)CC1)c1cccc(Cl)c1Cl.O=C(NC1CCN(c2ncnc3cc(-c4ccccc4)ccc23)CC1)c1cccc(Cl)c1Cl. The number of hydrogen-bond acceptors (Lipinski definition) is 8. The standard InChI is InChI=1S/C26H22Cl2N4O.C20H17BrCl2N4O/c27-22-8-4-7-21(24(22)28)26(33)31-19-11-13-32(14-12-19)25-20-10-9-18(15-23(20)29-16-30-25)17-5-2-1-3-6-17;21-15-5-1-4-14-18(15)24-11-25-19(14)27-9-7-12(8-10-27)26-20(28)13-3-2-6-16(22)17(13)23/h1-10,15-16,19H,11-14H2,(H,31,33);1-6,11-12H,7-10H2,(H,26,28). The van der Waals surface area contributed by atoms with E-state index in [9.17, 15) is 9.59 Å². The van der Waals surface area contributed by atoms with Crippen LogP contribution in [0.2, 0.25) is 20.1 Å². The molecule has 15 heteroatoms. The van der Waals surface area contributed by atoms with E-state index in [1.54, 1.807) is 49.1 Å². The van der Waals surface area contributed by atoms with E-state index in [1.807, 2.05) is 36.4 Å². The number of benzene rings is 5. The number of hydrogen-bond donors (Lipinski definition) is 2. The molecule has 2 amide bonds. The van der Waals surface area contributed by atoms with E-state index < -0.39 is 0 Å². The van der Waals surface area contributed by atoms with Gasteiger partial charge in [0, 0.05) is 53.5 Å². The van der Waals surface area contributed by atoms with Gasteiger partial charge in [-0.2, -0.15) is 0 Å². The molecule has 10 nitrogen and oxygen atoms in total. The first-order chi connectivity index (χ1) is 29.6. The molecule has 9 rings (SSSR count). The molecule has 0 bridgehead atoms. The molecule has 2 aromatic heterocycles. The van der Waals surface area contributed by atoms with Crippen molar-refractivity contribution in [2.75, 3.05) is 36.0 Å². The van der Waals surface area contributed by atoms with E-state index in [4.69, 9.17) is 46.4 Å². The maximum absolute atomic E-state index is 12.7. The number of nitrogens with one attached hydrogen (secondary N) is 2. The van der Waals surface area contributed by atoms with Gasteiger partial charge in [-0.05, 0) is 101 Å². The molecular weight excluding hydrogens is 918 g/mol. The Morgan fingerprint density at radius 1 is 0.557 bits per heavy atom. The van der Waals surface area contributed by atoms with E-state index in [0.29, 0.717) is 21.2 Å². The van der Waals surface area contributed by atoms with Gasteiger partial charge in [0.1, 0.15) is 24.3 Å². The second-order valence-corrected chi connectivity index (χ2v) is 17.2. The van der Waals surface area contributed by atoms with Gasteiger partial charge in [-0.3, -0.25) is 9.59 Å². The van der Waals surface area contributed by atoms with E-state index in [0.717, 1.165) is 101 Å². The Balaban J connectivity index is 0.000000171. The molecule has 2 N–H and O–H groups in total. The molecular formula is C46H39BrCl4N8O2. The molecule has 0 unspecified atom stereocenters. The zero-order chi connectivity index (χ0) is 42.5. The molecule has 0 atom stereocenters. The Hall–Kier alpha value is -5.04. The quantitative estimate of drug-likeness (QED) is 0.162. The van der Waals surface area contributed by atoms with Crippen LogP contribution in [0.25, 0.3) is 32.9 Å². The molecule has 2 fully saturated rings. The number of carbonyl (C=O) groups excluding carboxylic acids is 2. The maximum Gasteiger partial charge on any atom is 0.253 e. The van der Waals surface area contributed by atoms with Crippen molar-refractivity contribution in [3.05, 3.63) is 151 Å². The minimum Gasteiger partial charge on any atom is -0.356 e. The van der Waals surface area contributed by atoms with Crippen LogP contribution in [0.3, 0.4) is 0 Å². The zero-order valence-electron chi connectivity index (χ0n) is 32.7. The summed E-state index contributed by atoms with van der Waals surface area (Å²) in [5.41, 5.74) is 4.93. The molecule has 7 aromatic rings. The lowest BCUT2D eigenvalue weighted by molar-refractivity contribution is 0.0922. The van der Waals surface area contributed by atoms with Crippen molar-refractivity contribution >= 4 is 108 Å². The fourth-order valence-electron chi connectivity index (χ4n) is 7.75. The third-order valence-corrected chi connectivity index (χ3v) is 13.2. The van der Waals surface area contributed by atoms with Crippen molar-refractivity contribution < 1.29 is 9.59 Å². The van der Waals surface area contributed by atoms with Crippen LogP contribution in [-0.4, -0.2) is 70.0 Å². The number of carbonyl (C=O) groups is 2. The van der Waals surface area contributed by atoms with Crippen molar-refractivity contribution in [3.8, 4) is 11.1 Å². The van der Waals surface area contributed by atoms with E-state index in [-0.39, 0.29) is 33.9 Å². The van der Waals surface area contributed by atoms with Gasteiger partial charge in [0.05, 0.1) is 42.3 Å². The number of halogens is 5. The lowest BCUT2D eigenvalue weighted by atomic mass is 10.0. The van der Waals surface area contributed by atoms with Crippen LogP contribution in [-0.2, 0) is 0 Å². The summed E-state index contributed by atoms with van der Waals surface area (Å²) in [5, 5.41) is 9.56. The van der Waals surface area contributed by atoms with Crippen molar-refractivity contribution in [1.82, 2.24) is 30.6 Å². The van der Waals surface area contributed by atoms with Gasteiger partial charge in [-0.25, -0.2) is 19.9 Å². The van der Waals surface area contributed by atoms with Crippen molar-refractivity contribution in [2.24, 2.45) is 0 Å². The van der Waals surface area contributed by atoms with E-state index >= 15 is 0 Å². The Labute approximate surface area is 381 Å². The number of amides is 2. The summed E-state index contributed by atoms with van der Waals surface area (Å²) < 4.78 is 0.953. The summed E-state index contributed by atoms with van der Waals surface area (Å²) in [6.07, 6.45) is 6.50. The summed E-state index contributed by atoms with van der Waals surface area (Å²) in [6.45, 7) is 3.18. The first-order valence-electron chi connectivity index (χ1n) is 19.8. The van der Waals surface area contributed by atoms with E-state index in [2.05, 4.69) is 86.6 Å². The van der Waals surface area contributed by atoms with Crippen LogP contribution in [0, 0.1) is 0 Å². The third-order valence-electron chi connectivity index (χ3n) is 11.0. The number of nitrogens with zero attached hydrogens (tertiary/aromatic N) is 6. The van der Waals surface area contributed by atoms with Crippen LogP contribution in [0.1, 0.15) is 46.4 Å². The first kappa shape index (κ1) is 42.6. The van der Waals surface area contributed by atoms with Crippen molar-refractivity contribution in [3.63, 3.8) is 0 Å². The van der Waals surface area contributed by atoms with Gasteiger partial charge >= 0.3 is 0 Å². The molecule has 0 aliphatic carbocycles. The summed E-state index contributed by atoms with van der Waals surface area (Å²) in [5.74, 6) is 1.47. The van der Waals surface area contributed by atoms with Crippen molar-refractivity contribution in [1.29, 1.82) is 0 Å². The highest BCUT2D eigenvalue weighted by Gasteiger charge is 2.26. The highest BCUT2D eigenvalue weighted by Crippen LogP contribution is 2.32. The lowest BCUT2D eigenvalue weighted by Gasteiger charge is -2.33. The van der Waals surface area contributed by atoms with Gasteiger partial charge in [-0.1, -0.05) is 101 Å². The summed E-state index contributed by atoms with van der Waals surface area (Å²) in [6, 6.07) is 32.9. The summed E-state index contributed by atoms with van der Waals surface area (Å²) in [4.78, 5) is 47.7. The van der Waals surface area contributed by atoms with Gasteiger partial charge in [0.15, 0.2) is 0 Å². The van der Waals surface area contributed by atoms with Crippen LogP contribution >= 0.6 is 62.3 Å². The van der Waals surface area contributed by atoms with Crippen LogP contribution in [0.4, 0.5) is 11.6 Å². The second-order valence-electron chi connectivity index (χ2n) is 14.8. The molecule has 2 aliphatic heterocycles. The Bertz CT molecular complexity index is 2710. The number of piperidine rings is 2. The van der Waals surface area contributed by atoms with Gasteiger partial charge in [0.2, 0.25) is 0 Å². The normalized spacial score (nSPS) is 14.7. The van der Waals surface area contributed by atoms with Crippen LogP contribution < -0.4 is 20.4 Å². The summed E-state index contributed by atoms with van der Waals surface area (Å²) >= 11 is 28.0. The maximum atomic E-state index is 12.7. The minimum atomic E-state index is -0.193. The highest BCUT2D eigenvalue weighted by atomic mass is 79.9. The zero-order valence-corrected chi connectivity index (χ0v) is 37.3. The molecule has 310 valence electrons. The Kier molecular flexibility index (Phi) is 13.5. The molecule has 5 aromatic carbocycles. The molecule has 0 radical (unpaired) electrons. The predicted octanol–water partition coefficient (Wildman–Crippen LogP) is 11.1. The Morgan fingerprint density at radius 3 is 1.66 bits per heavy atom. The average molecular weight is 958 g/mol. The fourth-order valence-corrected chi connectivity index (χ4v) is 8.99. The molecule has 0 spiro atoms. The molecule has 2 aliphatic rings. The largest absolute Gasteiger partial charge is 0.356 e. The van der Waals surface area contributed by atoms with Gasteiger partial charge < -0.3 is 20.4 Å². The fraction of sp³-hybridized carbons (Fsp3) is 0.217. The van der Waals surface area contributed by atoms with Crippen LogP contribution in [0.5, 0.6) is 0 Å². The first-order valence-corrected chi connectivity index (χ1v) is 22.1. The number of aromatic nitrogens is 4. The lowest BCUT2D eigenvalue weighted by Crippen LogP contribution is -2.45. The highest BCUT2D eigenvalue weighted by molar-refractivity contribution is 9.10. The van der Waals surface area contributed by atoms with Gasteiger partial charge in [0.25, 0.3) is 11.8 Å². The molecule has 2 saturated heterocycles. The van der Waals surface area contributed by atoms with E-state index in [1.165, 1.54) is 0 Å². The number of para-hydroxylation sites is 1. The number of rotatable bonds is 7. The number of fused-ring (bicyclic) bond motifs is 2. The van der Waals surface area contributed by atoms with Gasteiger partial charge in [-0.15, -0.1) is 0 Å².